The van der Waals surface area contributed by atoms with Crippen LogP contribution in [0.3, 0.4) is 0 Å². The Hall–Kier alpha value is -0.610. The molecule has 0 aliphatic carbocycles. The molecule has 1 heterocycles. The maximum atomic E-state index is 12.3. The number of rotatable bonds is 5. The van der Waals surface area contributed by atoms with E-state index in [0.717, 1.165) is 39.1 Å². The van der Waals surface area contributed by atoms with Crippen LogP contribution in [0, 0.1) is 11.8 Å². The van der Waals surface area contributed by atoms with Gasteiger partial charge in [-0.1, -0.05) is 6.92 Å². The van der Waals surface area contributed by atoms with E-state index in [9.17, 15) is 4.79 Å². The molecule has 4 heteroatoms. The maximum absolute atomic E-state index is 12.3. The first-order chi connectivity index (χ1) is 8.54. The third-order valence-corrected chi connectivity index (χ3v) is 4.43. The summed E-state index contributed by atoms with van der Waals surface area (Å²) in [6.45, 7) is 12.7. The molecular weight excluding hydrogens is 226 g/mol. The van der Waals surface area contributed by atoms with Gasteiger partial charge >= 0.3 is 0 Å². The molecule has 0 aromatic rings. The fourth-order valence-electron chi connectivity index (χ4n) is 2.79. The van der Waals surface area contributed by atoms with E-state index in [2.05, 4.69) is 11.8 Å². The Bertz CT molecular complexity index is 266. The summed E-state index contributed by atoms with van der Waals surface area (Å²) in [6, 6.07) is -0.00792. The molecule has 0 spiro atoms. The van der Waals surface area contributed by atoms with Gasteiger partial charge in [0.25, 0.3) is 0 Å². The van der Waals surface area contributed by atoms with Crippen LogP contribution in [0.25, 0.3) is 0 Å². The van der Waals surface area contributed by atoms with Crippen molar-refractivity contribution in [2.75, 3.05) is 32.7 Å². The fourth-order valence-corrected chi connectivity index (χ4v) is 2.79. The van der Waals surface area contributed by atoms with Crippen molar-refractivity contribution in [1.82, 2.24) is 9.80 Å². The highest BCUT2D eigenvalue weighted by Crippen LogP contribution is 2.24. The summed E-state index contributed by atoms with van der Waals surface area (Å²) in [5, 5.41) is 0. The molecule has 4 nitrogen and oxygen atoms in total. The van der Waals surface area contributed by atoms with E-state index in [-0.39, 0.29) is 11.9 Å². The molecular formula is C14H29N3O. The average Bonchev–Trinajstić information content (AvgIpc) is 2.39. The zero-order valence-electron chi connectivity index (χ0n) is 12.4. The summed E-state index contributed by atoms with van der Waals surface area (Å²) in [4.78, 5) is 16.6. The summed E-state index contributed by atoms with van der Waals surface area (Å²) in [5.74, 6) is 1.47. The monoisotopic (exact) mass is 255 g/mol. The van der Waals surface area contributed by atoms with E-state index in [1.54, 1.807) is 0 Å². The number of carbonyl (C=O) groups excluding carboxylic acids is 1. The number of likely N-dealkylation sites (tertiary alicyclic amines) is 1. The van der Waals surface area contributed by atoms with Crippen molar-refractivity contribution in [2.24, 2.45) is 17.6 Å². The van der Waals surface area contributed by atoms with Crippen LogP contribution in [0.15, 0.2) is 0 Å². The topological polar surface area (TPSA) is 49.6 Å². The van der Waals surface area contributed by atoms with E-state index in [1.165, 1.54) is 0 Å². The Balaban J connectivity index is 2.61. The van der Waals surface area contributed by atoms with Gasteiger partial charge in [0.15, 0.2) is 0 Å². The highest BCUT2D eigenvalue weighted by Gasteiger charge is 2.31. The first-order valence-electron chi connectivity index (χ1n) is 7.27. The summed E-state index contributed by atoms with van der Waals surface area (Å²) < 4.78 is 0. The van der Waals surface area contributed by atoms with Crippen LogP contribution in [-0.2, 0) is 4.79 Å². The lowest BCUT2D eigenvalue weighted by atomic mass is 9.86. The molecule has 0 aromatic carbocycles. The van der Waals surface area contributed by atoms with Crippen molar-refractivity contribution in [2.45, 2.75) is 40.2 Å². The van der Waals surface area contributed by atoms with Crippen molar-refractivity contribution in [1.29, 1.82) is 0 Å². The summed E-state index contributed by atoms with van der Waals surface area (Å²) in [6.07, 6.45) is 1.15. The van der Waals surface area contributed by atoms with Crippen LogP contribution in [-0.4, -0.2) is 54.5 Å². The van der Waals surface area contributed by atoms with Crippen LogP contribution in [0.1, 0.15) is 34.1 Å². The van der Waals surface area contributed by atoms with Gasteiger partial charge in [0, 0.05) is 19.6 Å². The van der Waals surface area contributed by atoms with Crippen molar-refractivity contribution >= 4 is 5.91 Å². The quantitative estimate of drug-likeness (QED) is 0.802. The Labute approximate surface area is 111 Å². The van der Waals surface area contributed by atoms with Gasteiger partial charge in [-0.2, -0.15) is 0 Å². The second kappa shape index (κ2) is 7.10. The van der Waals surface area contributed by atoms with Gasteiger partial charge in [-0.05, 0) is 52.1 Å². The molecule has 0 bridgehead atoms. The van der Waals surface area contributed by atoms with Gasteiger partial charge in [-0.15, -0.1) is 0 Å². The summed E-state index contributed by atoms with van der Waals surface area (Å²) >= 11 is 0. The largest absolute Gasteiger partial charge is 0.342 e. The van der Waals surface area contributed by atoms with Crippen LogP contribution >= 0.6 is 0 Å². The Morgan fingerprint density at radius 3 is 2.56 bits per heavy atom. The van der Waals surface area contributed by atoms with Gasteiger partial charge < -0.3 is 10.6 Å². The van der Waals surface area contributed by atoms with Crippen LogP contribution in [0.4, 0.5) is 0 Å². The number of piperidine rings is 1. The molecule has 1 aliphatic heterocycles. The number of likely N-dealkylation sites (N-methyl/N-ethyl adjacent to an activating group) is 1. The molecule has 18 heavy (non-hydrogen) atoms. The van der Waals surface area contributed by atoms with Crippen LogP contribution < -0.4 is 5.73 Å². The molecule has 1 amide bonds. The Morgan fingerprint density at radius 2 is 2.06 bits per heavy atom. The summed E-state index contributed by atoms with van der Waals surface area (Å²) in [5.41, 5.74) is 5.82. The van der Waals surface area contributed by atoms with Gasteiger partial charge in [-0.25, -0.2) is 0 Å². The summed E-state index contributed by atoms with van der Waals surface area (Å²) in [7, 11) is 0. The lowest BCUT2D eigenvalue weighted by molar-refractivity contribution is -0.137. The molecule has 2 N–H and O–H groups in total. The molecule has 3 unspecified atom stereocenters. The van der Waals surface area contributed by atoms with Gasteiger partial charge in [0.05, 0.1) is 6.04 Å². The van der Waals surface area contributed by atoms with E-state index in [4.69, 9.17) is 5.73 Å². The highest BCUT2D eigenvalue weighted by atomic mass is 16.2. The molecule has 1 aliphatic rings. The zero-order valence-corrected chi connectivity index (χ0v) is 12.4. The molecule has 106 valence electrons. The predicted molar refractivity (Wildman–Crippen MR) is 75.3 cm³/mol. The Morgan fingerprint density at radius 1 is 1.44 bits per heavy atom. The Kier molecular flexibility index (Phi) is 6.09. The zero-order chi connectivity index (χ0) is 13.7. The first kappa shape index (κ1) is 15.4. The van der Waals surface area contributed by atoms with E-state index in [0.29, 0.717) is 11.8 Å². The normalized spacial score (nSPS) is 26.9. The average molecular weight is 255 g/mol. The predicted octanol–water partition coefficient (Wildman–Crippen LogP) is 1.16. The van der Waals surface area contributed by atoms with Crippen molar-refractivity contribution in [3.05, 3.63) is 0 Å². The molecule has 0 aromatic heterocycles. The van der Waals surface area contributed by atoms with Crippen molar-refractivity contribution < 1.29 is 4.79 Å². The first-order valence-corrected chi connectivity index (χ1v) is 7.27. The number of amides is 1. The van der Waals surface area contributed by atoms with Gasteiger partial charge in [-0.3, -0.25) is 9.69 Å². The number of carbonyl (C=O) groups is 1. The number of hydrogen-bond donors (Lipinski definition) is 1. The third kappa shape index (κ3) is 3.45. The van der Waals surface area contributed by atoms with Crippen molar-refractivity contribution in [3.8, 4) is 0 Å². The minimum absolute atomic E-state index is 0.00792. The second-order valence-electron chi connectivity index (χ2n) is 5.44. The number of hydrogen-bond acceptors (Lipinski definition) is 3. The van der Waals surface area contributed by atoms with E-state index < -0.39 is 0 Å². The molecule has 1 fully saturated rings. The van der Waals surface area contributed by atoms with Crippen LogP contribution in [0.5, 0.6) is 0 Å². The highest BCUT2D eigenvalue weighted by molar-refractivity contribution is 5.81. The number of nitrogens with two attached hydrogens (primary N) is 1. The second-order valence-corrected chi connectivity index (χ2v) is 5.44. The van der Waals surface area contributed by atoms with E-state index >= 15 is 0 Å². The van der Waals surface area contributed by atoms with Crippen LogP contribution in [0.2, 0.25) is 0 Å². The third-order valence-electron chi connectivity index (χ3n) is 4.43. The lowest BCUT2D eigenvalue weighted by Gasteiger charge is -2.40. The molecule has 0 radical (unpaired) electrons. The van der Waals surface area contributed by atoms with E-state index in [1.807, 2.05) is 25.7 Å². The SMILES string of the molecule is CCN(CC)C(=O)C(C)N1CCC(C)C(CN)C1. The van der Waals surface area contributed by atoms with Crippen molar-refractivity contribution in [3.63, 3.8) is 0 Å². The van der Waals surface area contributed by atoms with Gasteiger partial charge in [0.2, 0.25) is 5.91 Å². The maximum Gasteiger partial charge on any atom is 0.239 e. The van der Waals surface area contributed by atoms with Gasteiger partial charge in [0.1, 0.15) is 0 Å². The standard InChI is InChI=1S/C14H29N3O/c1-5-16(6-2)14(18)12(4)17-8-7-11(3)13(9-15)10-17/h11-13H,5-10,15H2,1-4H3. The number of nitrogens with zero attached hydrogens (tertiary/aromatic N) is 2. The fraction of sp³-hybridized carbons (Fsp3) is 0.929. The minimum atomic E-state index is -0.00792. The molecule has 3 atom stereocenters. The minimum Gasteiger partial charge on any atom is -0.342 e. The molecule has 1 rings (SSSR count). The lowest BCUT2D eigenvalue weighted by Crippen LogP contribution is -2.52. The molecule has 0 saturated carbocycles. The smallest absolute Gasteiger partial charge is 0.239 e. The molecule has 1 saturated heterocycles.